The predicted octanol–water partition coefficient (Wildman–Crippen LogP) is 2.38. The maximum absolute atomic E-state index is 10.8. The highest BCUT2D eigenvalue weighted by atomic mass is 16.3. The number of anilines is 1. The molecule has 0 aliphatic heterocycles. The molecule has 2 rings (SSSR count). The van der Waals surface area contributed by atoms with Crippen LogP contribution in [0.3, 0.4) is 0 Å². The van der Waals surface area contributed by atoms with Gasteiger partial charge >= 0.3 is 0 Å². The highest BCUT2D eigenvalue weighted by Gasteiger charge is 2.13. The van der Waals surface area contributed by atoms with E-state index in [4.69, 9.17) is 15.9 Å². The fraction of sp³-hybridized carbons (Fsp3) is 0.308. The molecule has 0 aliphatic carbocycles. The fourth-order valence-corrected chi connectivity index (χ4v) is 1.96. The maximum atomic E-state index is 10.8. The van der Waals surface area contributed by atoms with Crippen LogP contribution in [0.5, 0.6) is 0 Å². The Kier molecular flexibility index (Phi) is 3.04. The normalized spacial score (nSPS) is 12.8. The zero-order valence-corrected chi connectivity index (χ0v) is 9.77. The maximum Gasteiger partial charge on any atom is 0.217 e. The lowest BCUT2D eigenvalue weighted by atomic mass is 9.95. The van der Waals surface area contributed by atoms with Gasteiger partial charge in [0.1, 0.15) is 5.58 Å². The standard InChI is InChI=1S/C13H16N2O2/c1-8(2-5-13(15)16)11-7-17-12-4-3-9(14)6-10(11)12/h3-4,6-8H,2,5,14H2,1H3,(H2,15,16). The van der Waals surface area contributed by atoms with Crippen molar-refractivity contribution in [2.24, 2.45) is 5.73 Å². The second kappa shape index (κ2) is 4.49. The molecular formula is C13H16N2O2. The second-order valence-corrected chi connectivity index (χ2v) is 4.35. The quantitative estimate of drug-likeness (QED) is 0.794. The van der Waals surface area contributed by atoms with E-state index in [2.05, 4.69) is 6.92 Å². The lowest BCUT2D eigenvalue weighted by molar-refractivity contribution is -0.118. The average molecular weight is 232 g/mol. The van der Waals surface area contributed by atoms with Crippen molar-refractivity contribution in [3.05, 3.63) is 30.0 Å². The molecule has 0 spiro atoms. The highest BCUT2D eigenvalue weighted by molar-refractivity contribution is 5.84. The Morgan fingerprint density at radius 1 is 1.47 bits per heavy atom. The summed E-state index contributed by atoms with van der Waals surface area (Å²) in [5.41, 5.74) is 13.5. The van der Waals surface area contributed by atoms with E-state index in [0.717, 1.165) is 23.0 Å². The van der Waals surface area contributed by atoms with Crippen LogP contribution in [0, 0.1) is 0 Å². The zero-order chi connectivity index (χ0) is 12.4. The molecule has 1 unspecified atom stereocenters. The van der Waals surface area contributed by atoms with E-state index in [1.54, 1.807) is 6.26 Å². The number of fused-ring (bicyclic) bond motifs is 1. The molecular weight excluding hydrogens is 216 g/mol. The van der Waals surface area contributed by atoms with Gasteiger partial charge in [-0.25, -0.2) is 0 Å². The molecule has 0 aliphatic rings. The molecule has 4 nitrogen and oxygen atoms in total. The van der Waals surface area contributed by atoms with E-state index in [1.165, 1.54) is 0 Å². The monoisotopic (exact) mass is 232 g/mol. The summed E-state index contributed by atoms with van der Waals surface area (Å²) in [6.45, 7) is 2.05. The Balaban J connectivity index is 2.28. The van der Waals surface area contributed by atoms with Crippen LogP contribution in [0.15, 0.2) is 28.9 Å². The molecule has 17 heavy (non-hydrogen) atoms. The van der Waals surface area contributed by atoms with E-state index < -0.39 is 0 Å². The third-order valence-electron chi connectivity index (χ3n) is 2.98. The van der Waals surface area contributed by atoms with E-state index in [0.29, 0.717) is 12.1 Å². The second-order valence-electron chi connectivity index (χ2n) is 4.35. The van der Waals surface area contributed by atoms with Crippen molar-refractivity contribution in [3.8, 4) is 0 Å². The van der Waals surface area contributed by atoms with Crippen LogP contribution in [0.2, 0.25) is 0 Å². The lowest BCUT2D eigenvalue weighted by Gasteiger charge is -2.08. The number of rotatable bonds is 4. The molecule has 4 N–H and O–H groups in total. The molecule has 1 amide bonds. The Morgan fingerprint density at radius 2 is 2.24 bits per heavy atom. The Hall–Kier alpha value is -1.97. The van der Waals surface area contributed by atoms with Gasteiger partial charge in [-0.3, -0.25) is 4.79 Å². The van der Waals surface area contributed by atoms with Crippen LogP contribution >= 0.6 is 0 Å². The lowest BCUT2D eigenvalue weighted by Crippen LogP contribution is -2.11. The Morgan fingerprint density at radius 3 is 2.94 bits per heavy atom. The first-order chi connectivity index (χ1) is 8.08. The zero-order valence-electron chi connectivity index (χ0n) is 9.77. The number of hydrogen-bond donors (Lipinski definition) is 2. The number of carbonyl (C=O) groups is 1. The number of nitrogens with two attached hydrogens (primary N) is 2. The van der Waals surface area contributed by atoms with Gasteiger partial charge in [0.25, 0.3) is 0 Å². The summed E-state index contributed by atoms with van der Waals surface area (Å²) in [4.78, 5) is 10.8. The minimum absolute atomic E-state index is 0.227. The summed E-state index contributed by atoms with van der Waals surface area (Å²) in [7, 11) is 0. The molecule has 2 aromatic rings. The number of benzene rings is 1. The molecule has 0 saturated carbocycles. The van der Waals surface area contributed by atoms with Crippen molar-refractivity contribution in [1.82, 2.24) is 0 Å². The Bertz CT molecular complexity index is 545. The van der Waals surface area contributed by atoms with Crippen molar-refractivity contribution in [3.63, 3.8) is 0 Å². The number of amides is 1. The number of carbonyl (C=O) groups excluding carboxylic acids is 1. The van der Waals surface area contributed by atoms with Crippen molar-refractivity contribution < 1.29 is 9.21 Å². The predicted molar refractivity (Wildman–Crippen MR) is 67.5 cm³/mol. The van der Waals surface area contributed by atoms with Crippen molar-refractivity contribution in [1.29, 1.82) is 0 Å². The van der Waals surface area contributed by atoms with Crippen LogP contribution in [0.4, 0.5) is 5.69 Å². The Labute approximate surface area is 99.6 Å². The topological polar surface area (TPSA) is 82.2 Å². The minimum Gasteiger partial charge on any atom is -0.464 e. The average Bonchev–Trinajstić information content (AvgIpc) is 2.68. The first kappa shape index (κ1) is 11.5. The van der Waals surface area contributed by atoms with Crippen LogP contribution < -0.4 is 11.5 Å². The van der Waals surface area contributed by atoms with Gasteiger partial charge in [-0.05, 0) is 30.5 Å². The van der Waals surface area contributed by atoms with Gasteiger partial charge in [-0.1, -0.05) is 6.92 Å². The molecule has 1 aromatic carbocycles. The molecule has 90 valence electrons. The van der Waals surface area contributed by atoms with Gasteiger partial charge < -0.3 is 15.9 Å². The molecule has 1 heterocycles. The molecule has 0 radical (unpaired) electrons. The van der Waals surface area contributed by atoms with Gasteiger partial charge in [0.15, 0.2) is 0 Å². The molecule has 1 aromatic heterocycles. The van der Waals surface area contributed by atoms with E-state index in [-0.39, 0.29) is 11.8 Å². The molecule has 0 bridgehead atoms. The van der Waals surface area contributed by atoms with Gasteiger partial charge in [0.2, 0.25) is 5.91 Å². The third kappa shape index (κ3) is 2.41. The summed E-state index contributed by atoms with van der Waals surface area (Å²) in [5, 5.41) is 1.02. The first-order valence-corrected chi connectivity index (χ1v) is 5.63. The fourth-order valence-electron chi connectivity index (χ4n) is 1.96. The summed E-state index contributed by atoms with van der Waals surface area (Å²) >= 11 is 0. The summed E-state index contributed by atoms with van der Waals surface area (Å²) in [5.74, 6) is -0.0466. The third-order valence-corrected chi connectivity index (χ3v) is 2.98. The van der Waals surface area contributed by atoms with Gasteiger partial charge in [-0.15, -0.1) is 0 Å². The number of furan rings is 1. The van der Waals surface area contributed by atoms with E-state index in [1.807, 2.05) is 18.2 Å². The van der Waals surface area contributed by atoms with Crippen LogP contribution in [0.1, 0.15) is 31.2 Å². The summed E-state index contributed by atoms with van der Waals surface area (Å²) in [6, 6.07) is 5.56. The molecule has 0 saturated heterocycles. The van der Waals surface area contributed by atoms with E-state index >= 15 is 0 Å². The van der Waals surface area contributed by atoms with Crippen molar-refractivity contribution in [2.45, 2.75) is 25.7 Å². The molecule has 4 heteroatoms. The van der Waals surface area contributed by atoms with Gasteiger partial charge in [-0.2, -0.15) is 0 Å². The first-order valence-electron chi connectivity index (χ1n) is 5.63. The SMILES string of the molecule is CC(CCC(N)=O)c1coc2ccc(N)cc12. The smallest absolute Gasteiger partial charge is 0.217 e. The number of hydrogen-bond acceptors (Lipinski definition) is 3. The number of nitrogen functional groups attached to an aromatic ring is 1. The van der Waals surface area contributed by atoms with Crippen LogP contribution in [-0.2, 0) is 4.79 Å². The van der Waals surface area contributed by atoms with E-state index in [9.17, 15) is 4.79 Å². The van der Waals surface area contributed by atoms with Gasteiger partial charge in [0.05, 0.1) is 6.26 Å². The largest absolute Gasteiger partial charge is 0.464 e. The van der Waals surface area contributed by atoms with Crippen molar-refractivity contribution in [2.75, 3.05) is 5.73 Å². The summed E-state index contributed by atoms with van der Waals surface area (Å²) in [6.07, 6.45) is 2.84. The van der Waals surface area contributed by atoms with Crippen LogP contribution in [0.25, 0.3) is 11.0 Å². The van der Waals surface area contributed by atoms with Gasteiger partial charge in [0, 0.05) is 23.1 Å². The highest BCUT2D eigenvalue weighted by Crippen LogP contribution is 2.31. The number of primary amides is 1. The van der Waals surface area contributed by atoms with Crippen molar-refractivity contribution >= 4 is 22.6 Å². The summed E-state index contributed by atoms with van der Waals surface area (Å²) < 4.78 is 5.46. The van der Waals surface area contributed by atoms with Crippen LogP contribution in [-0.4, -0.2) is 5.91 Å². The molecule has 1 atom stereocenters. The molecule has 0 fully saturated rings. The minimum atomic E-state index is -0.274.